The summed E-state index contributed by atoms with van der Waals surface area (Å²) in [6.07, 6.45) is 6.01. The molecule has 2 aromatic rings. The highest BCUT2D eigenvalue weighted by Gasteiger charge is 2.28. The van der Waals surface area contributed by atoms with E-state index < -0.39 is 0 Å². The van der Waals surface area contributed by atoms with Crippen molar-refractivity contribution in [1.29, 1.82) is 5.26 Å². The second-order valence-corrected chi connectivity index (χ2v) is 5.15. The smallest absolute Gasteiger partial charge is 0.258 e. The van der Waals surface area contributed by atoms with Crippen molar-refractivity contribution in [2.24, 2.45) is 0 Å². The Hall–Kier alpha value is -2.61. The summed E-state index contributed by atoms with van der Waals surface area (Å²) in [5.74, 6) is -0.108. The van der Waals surface area contributed by atoms with Crippen molar-refractivity contribution >= 4 is 5.91 Å². The molecule has 0 N–H and O–H groups in total. The summed E-state index contributed by atoms with van der Waals surface area (Å²) in [5.41, 5.74) is 1.44. The Morgan fingerprint density at radius 1 is 1.29 bits per heavy atom. The van der Waals surface area contributed by atoms with Crippen LogP contribution in [-0.2, 0) is 0 Å². The van der Waals surface area contributed by atoms with Crippen molar-refractivity contribution in [3.05, 3.63) is 48.3 Å². The van der Waals surface area contributed by atoms with Crippen LogP contribution < -0.4 is 0 Å². The van der Waals surface area contributed by atoms with Crippen LogP contribution in [0.5, 0.6) is 0 Å². The minimum atomic E-state index is -0.314. The number of benzene rings is 1. The maximum Gasteiger partial charge on any atom is 0.258 e. The van der Waals surface area contributed by atoms with Gasteiger partial charge in [0.05, 0.1) is 23.5 Å². The molecule has 3 rings (SSSR count). The van der Waals surface area contributed by atoms with E-state index in [1.54, 1.807) is 22.0 Å². The van der Waals surface area contributed by atoms with Gasteiger partial charge >= 0.3 is 0 Å². The van der Waals surface area contributed by atoms with Gasteiger partial charge in [-0.05, 0) is 31.4 Å². The average Bonchev–Trinajstić information content (AvgIpc) is 3.05. The lowest BCUT2D eigenvalue weighted by molar-refractivity contribution is 0.0670. The van der Waals surface area contributed by atoms with Gasteiger partial charge in [0.1, 0.15) is 6.04 Å². The lowest BCUT2D eigenvalue weighted by Gasteiger charge is -2.30. The van der Waals surface area contributed by atoms with Crippen molar-refractivity contribution in [1.82, 2.24) is 14.7 Å². The van der Waals surface area contributed by atoms with E-state index in [4.69, 9.17) is 0 Å². The van der Waals surface area contributed by atoms with E-state index in [-0.39, 0.29) is 11.9 Å². The molecule has 0 spiro atoms. The van der Waals surface area contributed by atoms with Gasteiger partial charge in [0.15, 0.2) is 0 Å². The topological polar surface area (TPSA) is 61.9 Å². The summed E-state index contributed by atoms with van der Waals surface area (Å²) < 4.78 is 1.68. The van der Waals surface area contributed by atoms with Crippen LogP contribution in [0.2, 0.25) is 0 Å². The maximum absolute atomic E-state index is 12.5. The normalized spacial score (nSPS) is 18.2. The highest BCUT2D eigenvalue weighted by molar-refractivity contribution is 5.94. The molecule has 1 amide bonds. The second-order valence-electron chi connectivity index (χ2n) is 5.15. The number of likely N-dealkylation sites (tertiary alicyclic amines) is 1. The standard InChI is InChI=1S/C16H16N4O/c17-10-15-8-4-5-9-19(15)16(21)13-11-18-20(12-13)14-6-2-1-3-7-14/h1-3,6-7,11-12,15H,4-5,8-9H2. The molecule has 0 radical (unpaired) electrons. The maximum atomic E-state index is 12.5. The summed E-state index contributed by atoms with van der Waals surface area (Å²) >= 11 is 0. The van der Waals surface area contributed by atoms with Crippen molar-refractivity contribution in [3.63, 3.8) is 0 Å². The Labute approximate surface area is 123 Å². The van der Waals surface area contributed by atoms with Crippen molar-refractivity contribution in [2.45, 2.75) is 25.3 Å². The number of carbonyl (C=O) groups excluding carboxylic acids is 1. The SMILES string of the molecule is N#CC1CCCCN1C(=O)c1cnn(-c2ccccc2)c1. The van der Waals surface area contributed by atoms with E-state index in [1.165, 1.54) is 0 Å². The molecule has 1 saturated heterocycles. The highest BCUT2D eigenvalue weighted by Crippen LogP contribution is 2.19. The number of amides is 1. The number of hydrogen-bond donors (Lipinski definition) is 0. The van der Waals surface area contributed by atoms with Crippen LogP contribution in [-0.4, -0.2) is 33.2 Å². The molecule has 5 heteroatoms. The zero-order valence-electron chi connectivity index (χ0n) is 11.6. The number of nitrogens with zero attached hydrogens (tertiary/aromatic N) is 4. The lowest BCUT2D eigenvalue weighted by Crippen LogP contribution is -2.42. The Morgan fingerprint density at radius 3 is 2.86 bits per heavy atom. The average molecular weight is 280 g/mol. The van der Waals surface area contributed by atoms with Crippen molar-refractivity contribution in [2.75, 3.05) is 6.54 Å². The number of hydrogen-bond acceptors (Lipinski definition) is 3. The van der Waals surface area contributed by atoms with Crippen LogP contribution in [0.15, 0.2) is 42.7 Å². The first-order valence-corrected chi connectivity index (χ1v) is 7.10. The molecule has 0 saturated carbocycles. The van der Waals surface area contributed by atoms with Gasteiger partial charge in [-0.1, -0.05) is 18.2 Å². The molecule has 1 atom stereocenters. The zero-order valence-corrected chi connectivity index (χ0v) is 11.6. The third-order valence-corrected chi connectivity index (χ3v) is 3.76. The van der Waals surface area contributed by atoms with E-state index in [0.29, 0.717) is 12.1 Å². The Bertz CT molecular complexity index is 671. The van der Waals surface area contributed by atoms with Gasteiger partial charge in [0.25, 0.3) is 5.91 Å². The molecular formula is C16H16N4O. The van der Waals surface area contributed by atoms with Gasteiger partial charge in [-0.3, -0.25) is 4.79 Å². The summed E-state index contributed by atoms with van der Waals surface area (Å²) in [6.45, 7) is 0.646. The largest absolute Gasteiger partial charge is 0.323 e. The van der Waals surface area contributed by atoms with Gasteiger partial charge in [-0.25, -0.2) is 4.68 Å². The summed E-state index contributed by atoms with van der Waals surface area (Å²) in [7, 11) is 0. The minimum Gasteiger partial charge on any atom is -0.323 e. The number of rotatable bonds is 2. The summed E-state index contributed by atoms with van der Waals surface area (Å²) in [5, 5.41) is 13.4. The molecular weight excluding hydrogens is 264 g/mol. The van der Waals surface area contributed by atoms with E-state index in [0.717, 1.165) is 24.9 Å². The quantitative estimate of drug-likeness (QED) is 0.848. The van der Waals surface area contributed by atoms with E-state index in [2.05, 4.69) is 11.2 Å². The fraction of sp³-hybridized carbons (Fsp3) is 0.312. The molecule has 1 aliphatic rings. The Balaban J connectivity index is 1.83. The molecule has 106 valence electrons. The Morgan fingerprint density at radius 2 is 2.10 bits per heavy atom. The molecule has 1 unspecified atom stereocenters. The molecule has 2 heterocycles. The molecule has 5 nitrogen and oxygen atoms in total. The summed E-state index contributed by atoms with van der Waals surface area (Å²) in [4.78, 5) is 14.2. The predicted molar refractivity (Wildman–Crippen MR) is 77.9 cm³/mol. The molecule has 1 fully saturated rings. The van der Waals surface area contributed by atoms with E-state index >= 15 is 0 Å². The minimum absolute atomic E-state index is 0.108. The highest BCUT2D eigenvalue weighted by atomic mass is 16.2. The van der Waals surface area contributed by atoms with Crippen LogP contribution in [0.25, 0.3) is 5.69 Å². The number of aromatic nitrogens is 2. The summed E-state index contributed by atoms with van der Waals surface area (Å²) in [6, 6.07) is 11.6. The second kappa shape index (κ2) is 5.80. The fourth-order valence-electron chi connectivity index (χ4n) is 2.63. The molecule has 1 aromatic carbocycles. The van der Waals surface area contributed by atoms with E-state index in [9.17, 15) is 10.1 Å². The van der Waals surface area contributed by atoms with E-state index in [1.807, 2.05) is 30.3 Å². The van der Waals surface area contributed by atoms with Crippen LogP contribution in [0, 0.1) is 11.3 Å². The molecule has 1 aromatic heterocycles. The van der Waals surface area contributed by atoms with Gasteiger partial charge < -0.3 is 4.90 Å². The fourth-order valence-corrected chi connectivity index (χ4v) is 2.63. The molecule has 0 aliphatic carbocycles. The first-order valence-electron chi connectivity index (χ1n) is 7.10. The number of carbonyl (C=O) groups is 1. The zero-order chi connectivity index (χ0) is 14.7. The van der Waals surface area contributed by atoms with Gasteiger partial charge in [0.2, 0.25) is 0 Å². The van der Waals surface area contributed by atoms with Crippen molar-refractivity contribution in [3.8, 4) is 11.8 Å². The third kappa shape index (κ3) is 2.65. The van der Waals surface area contributed by atoms with Crippen LogP contribution in [0.1, 0.15) is 29.6 Å². The Kier molecular flexibility index (Phi) is 3.69. The van der Waals surface area contributed by atoms with Crippen LogP contribution in [0.4, 0.5) is 0 Å². The lowest BCUT2D eigenvalue weighted by atomic mass is 10.0. The van der Waals surface area contributed by atoms with Gasteiger partial charge in [0, 0.05) is 12.7 Å². The number of nitriles is 1. The monoisotopic (exact) mass is 280 g/mol. The third-order valence-electron chi connectivity index (χ3n) is 3.76. The number of piperidine rings is 1. The van der Waals surface area contributed by atoms with Crippen molar-refractivity contribution < 1.29 is 4.79 Å². The molecule has 0 bridgehead atoms. The van der Waals surface area contributed by atoms with Gasteiger partial charge in [-0.15, -0.1) is 0 Å². The number of para-hydroxylation sites is 1. The van der Waals surface area contributed by atoms with Gasteiger partial charge in [-0.2, -0.15) is 10.4 Å². The molecule has 1 aliphatic heterocycles. The predicted octanol–water partition coefficient (Wildman–Crippen LogP) is 2.39. The van der Waals surface area contributed by atoms with Crippen LogP contribution >= 0.6 is 0 Å². The molecule has 21 heavy (non-hydrogen) atoms. The van der Waals surface area contributed by atoms with Crippen LogP contribution in [0.3, 0.4) is 0 Å². The first kappa shape index (κ1) is 13.4. The first-order chi connectivity index (χ1) is 10.3.